The molecule has 0 saturated carbocycles. The highest BCUT2D eigenvalue weighted by molar-refractivity contribution is 7.89. The Balaban J connectivity index is 1.66. The van der Waals surface area contributed by atoms with Gasteiger partial charge in [0.05, 0.1) is 16.5 Å². The number of hydrogen-bond donors (Lipinski definition) is 2. The molecule has 2 aromatic carbocycles. The zero-order valence-electron chi connectivity index (χ0n) is 16.2. The maximum absolute atomic E-state index is 13.2. The van der Waals surface area contributed by atoms with Crippen molar-refractivity contribution in [2.45, 2.75) is 36.5 Å². The molecule has 1 aliphatic rings. The van der Waals surface area contributed by atoms with Gasteiger partial charge in [0, 0.05) is 24.8 Å². The van der Waals surface area contributed by atoms with E-state index in [9.17, 15) is 26.4 Å². The van der Waals surface area contributed by atoms with Crippen LogP contribution in [0.5, 0.6) is 0 Å². The van der Waals surface area contributed by atoms with Crippen LogP contribution in [0.4, 0.5) is 18.9 Å². The molecule has 10 heteroatoms. The number of hydrogen-bond acceptors (Lipinski definition) is 4. The Hall–Kier alpha value is -2.59. The third-order valence-electron chi connectivity index (χ3n) is 4.83. The number of nitrogens with one attached hydrogen (secondary N) is 2. The molecular weight excluding hydrogens is 419 g/mol. The summed E-state index contributed by atoms with van der Waals surface area (Å²) in [6.07, 6.45) is -4.15. The predicted octanol–water partition coefficient (Wildman–Crippen LogP) is 3.09. The van der Waals surface area contributed by atoms with E-state index in [1.165, 1.54) is 17.9 Å². The Morgan fingerprint density at radius 2 is 1.73 bits per heavy atom. The highest BCUT2D eigenvalue weighted by Crippen LogP contribution is 2.34. The molecule has 1 fully saturated rings. The van der Waals surface area contributed by atoms with Crippen LogP contribution in [-0.2, 0) is 21.0 Å². The number of para-hydroxylation sites is 1. The number of likely N-dealkylation sites (tertiary alicyclic amines) is 1. The third-order valence-corrected chi connectivity index (χ3v) is 6.43. The lowest BCUT2D eigenvalue weighted by Gasteiger charge is -2.23. The second-order valence-electron chi connectivity index (χ2n) is 7.12. The van der Waals surface area contributed by atoms with Crippen molar-refractivity contribution in [2.24, 2.45) is 0 Å². The fourth-order valence-electron chi connectivity index (χ4n) is 3.40. The van der Waals surface area contributed by atoms with Crippen molar-refractivity contribution in [3.8, 4) is 0 Å². The van der Waals surface area contributed by atoms with Gasteiger partial charge in [0.25, 0.3) is 0 Å². The van der Waals surface area contributed by atoms with Gasteiger partial charge < -0.3 is 10.2 Å². The lowest BCUT2D eigenvalue weighted by molar-refractivity contribution is -0.139. The summed E-state index contributed by atoms with van der Waals surface area (Å²) in [4.78, 5) is 13.3. The fourth-order valence-corrected chi connectivity index (χ4v) is 4.83. The Bertz CT molecular complexity index is 997. The van der Waals surface area contributed by atoms with Gasteiger partial charge in [-0.2, -0.15) is 17.9 Å². The zero-order chi connectivity index (χ0) is 21.9. The number of rotatable bonds is 6. The van der Waals surface area contributed by atoms with Gasteiger partial charge in [0.15, 0.2) is 0 Å². The average molecular weight is 441 g/mol. The van der Waals surface area contributed by atoms with Gasteiger partial charge in [-0.05, 0) is 37.6 Å². The van der Waals surface area contributed by atoms with E-state index >= 15 is 0 Å². The summed E-state index contributed by atoms with van der Waals surface area (Å²) in [6, 6.07) is 12.2. The number of alkyl halides is 3. The van der Waals surface area contributed by atoms with E-state index < -0.39 is 38.6 Å². The number of carbonyl (C=O) groups is 1. The van der Waals surface area contributed by atoms with Gasteiger partial charge in [-0.1, -0.05) is 30.3 Å². The first-order valence-corrected chi connectivity index (χ1v) is 10.8. The monoisotopic (exact) mass is 441 g/mol. The molecule has 6 nitrogen and oxygen atoms in total. The molecule has 0 radical (unpaired) electrons. The van der Waals surface area contributed by atoms with Gasteiger partial charge in [-0.25, -0.2) is 8.42 Å². The predicted molar refractivity (Wildman–Crippen MR) is 106 cm³/mol. The van der Waals surface area contributed by atoms with E-state index in [0.717, 1.165) is 17.8 Å². The van der Waals surface area contributed by atoms with Gasteiger partial charge >= 0.3 is 6.18 Å². The quantitative estimate of drug-likeness (QED) is 0.722. The van der Waals surface area contributed by atoms with E-state index in [0.29, 0.717) is 25.6 Å². The molecule has 2 N–H and O–H groups in total. The van der Waals surface area contributed by atoms with E-state index in [-0.39, 0.29) is 6.04 Å². The SMILES string of the molecule is C[C@H](NS(=O)(=O)c1ccccc1C(F)(F)F)C(=O)N1CCC(Nc2ccccc2)C1. The van der Waals surface area contributed by atoms with Gasteiger partial charge in [-0.3, -0.25) is 4.79 Å². The highest BCUT2D eigenvalue weighted by Gasteiger charge is 2.38. The lowest BCUT2D eigenvalue weighted by Crippen LogP contribution is -2.46. The normalized spacial score (nSPS) is 18.3. The number of amides is 1. The minimum atomic E-state index is -4.83. The maximum atomic E-state index is 13.2. The Morgan fingerprint density at radius 3 is 2.40 bits per heavy atom. The Morgan fingerprint density at radius 1 is 1.10 bits per heavy atom. The largest absolute Gasteiger partial charge is 0.417 e. The standard InChI is InChI=1S/C20H22F3N3O3S/c1-14(25-30(28,29)18-10-6-5-9-17(18)20(21,22)23)19(27)26-12-11-16(13-26)24-15-7-3-2-4-8-15/h2-10,14,16,24-25H,11-13H2,1H3/t14-,16?/m0/s1. The van der Waals surface area contributed by atoms with Crippen LogP contribution in [0.15, 0.2) is 59.5 Å². The van der Waals surface area contributed by atoms with Gasteiger partial charge in [0.1, 0.15) is 0 Å². The lowest BCUT2D eigenvalue weighted by atomic mass is 10.2. The number of benzene rings is 2. The summed E-state index contributed by atoms with van der Waals surface area (Å²) >= 11 is 0. The number of halogens is 3. The van der Waals surface area contributed by atoms with Crippen LogP contribution < -0.4 is 10.0 Å². The summed E-state index contributed by atoms with van der Waals surface area (Å²) in [5, 5.41) is 3.31. The van der Waals surface area contributed by atoms with E-state index in [4.69, 9.17) is 0 Å². The third kappa shape index (κ3) is 5.11. The van der Waals surface area contributed by atoms with E-state index in [1.54, 1.807) is 0 Å². The van der Waals surface area contributed by atoms with Crippen molar-refractivity contribution in [3.63, 3.8) is 0 Å². The minimum absolute atomic E-state index is 0.00566. The number of carbonyl (C=O) groups excluding carboxylic acids is 1. The van der Waals surface area contributed by atoms with Crippen molar-refractivity contribution in [3.05, 3.63) is 60.2 Å². The maximum Gasteiger partial charge on any atom is 0.417 e. The van der Waals surface area contributed by atoms with Crippen molar-refractivity contribution in [1.82, 2.24) is 9.62 Å². The van der Waals surface area contributed by atoms with Crippen LogP contribution in [0.1, 0.15) is 18.9 Å². The molecule has 1 unspecified atom stereocenters. The van der Waals surface area contributed by atoms with Gasteiger partial charge in [0.2, 0.25) is 15.9 Å². The second kappa shape index (κ2) is 8.65. The molecule has 0 aromatic heterocycles. The Kier molecular flexibility index (Phi) is 6.37. The molecule has 0 bridgehead atoms. The summed E-state index contributed by atoms with van der Waals surface area (Å²) in [6.45, 7) is 2.13. The molecular formula is C20H22F3N3O3S. The van der Waals surface area contributed by atoms with Crippen molar-refractivity contribution < 1.29 is 26.4 Å². The van der Waals surface area contributed by atoms with Crippen LogP contribution in [0.25, 0.3) is 0 Å². The van der Waals surface area contributed by atoms with Crippen LogP contribution in [0.3, 0.4) is 0 Å². The molecule has 1 aliphatic heterocycles. The second-order valence-corrected chi connectivity index (χ2v) is 8.80. The first-order chi connectivity index (χ1) is 14.1. The topological polar surface area (TPSA) is 78.5 Å². The molecule has 2 aromatic rings. The number of nitrogens with zero attached hydrogens (tertiary/aromatic N) is 1. The first-order valence-electron chi connectivity index (χ1n) is 9.37. The Labute approximate surface area is 173 Å². The van der Waals surface area contributed by atoms with Crippen LogP contribution in [-0.4, -0.2) is 44.4 Å². The zero-order valence-corrected chi connectivity index (χ0v) is 17.0. The summed E-state index contributed by atoms with van der Waals surface area (Å²) < 4.78 is 66.7. The number of anilines is 1. The molecule has 1 saturated heterocycles. The van der Waals surface area contributed by atoms with Crippen molar-refractivity contribution in [2.75, 3.05) is 18.4 Å². The van der Waals surface area contributed by atoms with Gasteiger partial charge in [-0.15, -0.1) is 0 Å². The van der Waals surface area contributed by atoms with Crippen molar-refractivity contribution >= 4 is 21.6 Å². The first kappa shape index (κ1) is 22.1. The average Bonchev–Trinajstić information content (AvgIpc) is 3.15. The molecule has 0 spiro atoms. The number of sulfonamides is 1. The molecule has 3 rings (SSSR count). The highest BCUT2D eigenvalue weighted by atomic mass is 32.2. The van der Waals surface area contributed by atoms with E-state index in [1.807, 2.05) is 30.3 Å². The van der Waals surface area contributed by atoms with Crippen LogP contribution in [0.2, 0.25) is 0 Å². The molecule has 1 heterocycles. The summed E-state index contributed by atoms with van der Waals surface area (Å²) in [5.74, 6) is -0.486. The van der Waals surface area contributed by atoms with Crippen LogP contribution >= 0.6 is 0 Å². The van der Waals surface area contributed by atoms with Crippen molar-refractivity contribution in [1.29, 1.82) is 0 Å². The smallest absolute Gasteiger partial charge is 0.380 e. The van der Waals surface area contributed by atoms with E-state index in [2.05, 4.69) is 10.0 Å². The van der Waals surface area contributed by atoms with Crippen LogP contribution in [0, 0.1) is 0 Å². The fraction of sp³-hybridized carbons (Fsp3) is 0.350. The summed E-state index contributed by atoms with van der Waals surface area (Å²) in [5.41, 5.74) is -0.361. The minimum Gasteiger partial charge on any atom is -0.380 e. The molecule has 30 heavy (non-hydrogen) atoms. The molecule has 1 amide bonds. The molecule has 2 atom stereocenters. The summed E-state index contributed by atoms with van der Waals surface area (Å²) in [7, 11) is -4.54. The molecule has 0 aliphatic carbocycles. The molecule has 162 valence electrons.